The highest BCUT2D eigenvalue weighted by Crippen LogP contribution is 2.30. The van der Waals surface area contributed by atoms with Gasteiger partial charge in [0, 0.05) is 6.42 Å². The van der Waals surface area contributed by atoms with E-state index in [0.29, 0.717) is 24.4 Å². The molecule has 0 aliphatic carbocycles. The third-order valence-electron chi connectivity index (χ3n) is 2.37. The van der Waals surface area contributed by atoms with Gasteiger partial charge in [-0.3, -0.25) is 0 Å². The number of rotatable bonds is 5. The molecular formula is C12H13NO5. The first-order valence-corrected chi connectivity index (χ1v) is 5.61. The highest BCUT2D eigenvalue weighted by atomic mass is 16.6. The van der Waals surface area contributed by atoms with Crippen LogP contribution in [0.15, 0.2) is 21.2 Å². The van der Waals surface area contributed by atoms with Gasteiger partial charge < -0.3 is 18.7 Å². The lowest BCUT2D eigenvalue weighted by Crippen LogP contribution is -2.01. The summed E-state index contributed by atoms with van der Waals surface area (Å²) in [6, 6.07) is 1.69. The van der Waals surface area contributed by atoms with Crippen LogP contribution in [-0.2, 0) is 6.42 Å². The van der Waals surface area contributed by atoms with Crippen LogP contribution in [0.25, 0.3) is 11.5 Å². The number of hydrogen-bond donors (Lipinski definition) is 1. The number of ether oxygens (including phenoxy) is 1. The largest absolute Gasteiger partial charge is 0.476 e. The topological polar surface area (TPSA) is 85.7 Å². The van der Waals surface area contributed by atoms with Gasteiger partial charge in [0.05, 0.1) is 18.4 Å². The second kappa shape index (κ2) is 4.95. The predicted molar refractivity (Wildman–Crippen MR) is 61.7 cm³/mol. The van der Waals surface area contributed by atoms with E-state index in [4.69, 9.17) is 18.7 Å². The first kappa shape index (κ1) is 12.2. The zero-order valence-corrected chi connectivity index (χ0v) is 10.1. The van der Waals surface area contributed by atoms with Gasteiger partial charge >= 0.3 is 11.9 Å². The number of aromatic carboxylic acids is 1. The van der Waals surface area contributed by atoms with Crippen molar-refractivity contribution in [2.75, 3.05) is 6.61 Å². The fraction of sp³-hybridized carbons (Fsp3) is 0.333. The number of hydrogen-bond acceptors (Lipinski definition) is 5. The van der Waals surface area contributed by atoms with E-state index in [1.54, 1.807) is 13.0 Å². The molecule has 2 aromatic heterocycles. The predicted octanol–water partition coefficient (Wildman–Crippen LogP) is 2.59. The average molecular weight is 251 g/mol. The summed E-state index contributed by atoms with van der Waals surface area (Å²) in [5, 5.41) is 9.00. The Kier molecular flexibility index (Phi) is 3.36. The number of carbonyl (C=O) groups is 1. The zero-order chi connectivity index (χ0) is 13.1. The van der Waals surface area contributed by atoms with Crippen molar-refractivity contribution in [3.63, 3.8) is 0 Å². The first-order chi connectivity index (χ1) is 8.67. The van der Waals surface area contributed by atoms with E-state index in [-0.39, 0.29) is 17.5 Å². The minimum Gasteiger partial charge on any atom is -0.476 e. The van der Waals surface area contributed by atoms with Crippen LogP contribution < -0.4 is 4.74 Å². The van der Waals surface area contributed by atoms with E-state index in [0.717, 1.165) is 0 Å². The Hall–Kier alpha value is -2.24. The smallest absolute Gasteiger partial charge is 0.362 e. The Morgan fingerprint density at radius 1 is 1.50 bits per heavy atom. The van der Waals surface area contributed by atoms with Crippen molar-refractivity contribution in [1.82, 2.24) is 4.98 Å². The van der Waals surface area contributed by atoms with Crippen molar-refractivity contribution in [3.05, 3.63) is 23.8 Å². The molecule has 2 aromatic rings. The number of oxazole rings is 1. The molecule has 6 nitrogen and oxygen atoms in total. The van der Waals surface area contributed by atoms with Crippen LogP contribution in [0.3, 0.4) is 0 Å². The number of furan rings is 1. The van der Waals surface area contributed by atoms with Crippen molar-refractivity contribution < 1.29 is 23.5 Å². The fourth-order valence-electron chi connectivity index (χ4n) is 1.59. The lowest BCUT2D eigenvalue weighted by Gasteiger charge is -1.97. The van der Waals surface area contributed by atoms with E-state index in [2.05, 4.69) is 4.98 Å². The fourth-order valence-corrected chi connectivity index (χ4v) is 1.59. The van der Waals surface area contributed by atoms with E-state index in [9.17, 15) is 4.79 Å². The third kappa shape index (κ3) is 2.09. The van der Waals surface area contributed by atoms with Gasteiger partial charge in [0.15, 0.2) is 0 Å². The summed E-state index contributed by atoms with van der Waals surface area (Å²) in [4.78, 5) is 14.9. The van der Waals surface area contributed by atoms with Gasteiger partial charge in [-0.15, -0.1) is 0 Å². The summed E-state index contributed by atoms with van der Waals surface area (Å²) >= 11 is 0. The molecule has 6 heteroatoms. The monoisotopic (exact) mass is 251 g/mol. The molecule has 1 N–H and O–H groups in total. The minimum atomic E-state index is -1.19. The molecule has 0 saturated heterocycles. The summed E-state index contributed by atoms with van der Waals surface area (Å²) < 4.78 is 15.7. The van der Waals surface area contributed by atoms with Crippen LogP contribution in [0.4, 0.5) is 0 Å². The van der Waals surface area contributed by atoms with Gasteiger partial charge in [-0.2, -0.15) is 4.98 Å². The molecule has 0 atom stereocenters. The van der Waals surface area contributed by atoms with E-state index < -0.39 is 5.97 Å². The van der Waals surface area contributed by atoms with Crippen molar-refractivity contribution in [2.45, 2.75) is 20.3 Å². The molecule has 0 aliphatic rings. The van der Waals surface area contributed by atoms with Crippen molar-refractivity contribution in [2.24, 2.45) is 0 Å². The van der Waals surface area contributed by atoms with Gasteiger partial charge in [0.2, 0.25) is 11.6 Å². The third-order valence-corrected chi connectivity index (χ3v) is 2.37. The number of aryl methyl sites for hydroxylation is 1. The molecule has 96 valence electrons. The summed E-state index contributed by atoms with van der Waals surface area (Å²) in [6.45, 7) is 3.97. The van der Waals surface area contributed by atoms with E-state index >= 15 is 0 Å². The van der Waals surface area contributed by atoms with Crippen molar-refractivity contribution in [1.29, 1.82) is 0 Å². The maximum Gasteiger partial charge on any atom is 0.362 e. The van der Waals surface area contributed by atoms with Crippen molar-refractivity contribution in [3.8, 4) is 17.4 Å². The molecule has 0 radical (unpaired) electrons. The highest BCUT2D eigenvalue weighted by Gasteiger charge is 2.23. The van der Waals surface area contributed by atoms with Gasteiger partial charge in [-0.1, -0.05) is 6.92 Å². The maximum absolute atomic E-state index is 11.0. The lowest BCUT2D eigenvalue weighted by atomic mass is 10.2. The molecule has 0 spiro atoms. The minimum absolute atomic E-state index is 0.0803. The van der Waals surface area contributed by atoms with E-state index in [1.165, 1.54) is 6.26 Å². The van der Waals surface area contributed by atoms with Gasteiger partial charge in [0.25, 0.3) is 0 Å². The average Bonchev–Trinajstić information content (AvgIpc) is 2.94. The van der Waals surface area contributed by atoms with Crippen LogP contribution in [0, 0.1) is 0 Å². The Balaban J connectivity index is 2.46. The van der Waals surface area contributed by atoms with Crippen LogP contribution in [0.2, 0.25) is 0 Å². The Bertz CT molecular complexity index is 555. The molecule has 0 amide bonds. The van der Waals surface area contributed by atoms with Gasteiger partial charge in [-0.05, 0) is 13.0 Å². The normalized spacial score (nSPS) is 10.6. The summed E-state index contributed by atoms with van der Waals surface area (Å²) in [6.07, 6.45) is 2.18. The number of aromatic nitrogens is 1. The summed E-state index contributed by atoms with van der Waals surface area (Å²) in [5.74, 6) is -0.379. The molecule has 0 aliphatic heterocycles. The summed E-state index contributed by atoms with van der Waals surface area (Å²) in [5.41, 5.74) is 0.418. The molecule has 18 heavy (non-hydrogen) atoms. The molecule has 0 bridgehead atoms. The molecule has 2 heterocycles. The lowest BCUT2D eigenvalue weighted by molar-refractivity contribution is 0.0683. The Labute approximate surface area is 103 Å². The van der Waals surface area contributed by atoms with Gasteiger partial charge in [0.1, 0.15) is 5.76 Å². The number of carboxylic acid groups (broad SMARTS) is 1. The molecule has 0 saturated carbocycles. The van der Waals surface area contributed by atoms with Crippen LogP contribution in [-0.4, -0.2) is 22.7 Å². The zero-order valence-electron chi connectivity index (χ0n) is 10.1. The molecule has 0 fully saturated rings. The maximum atomic E-state index is 11.0. The van der Waals surface area contributed by atoms with Crippen LogP contribution >= 0.6 is 0 Å². The first-order valence-electron chi connectivity index (χ1n) is 5.61. The quantitative estimate of drug-likeness (QED) is 0.878. The number of nitrogens with zero attached hydrogens (tertiary/aromatic N) is 1. The van der Waals surface area contributed by atoms with E-state index in [1.807, 2.05) is 6.92 Å². The summed E-state index contributed by atoms with van der Waals surface area (Å²) in [7, 11) is 0. The number of carboxylic acids is 1. The Morgan fingerprint density at radius 2 is 2.28 bits per heavy atom. The highest BCUT2D eigenvalue weighted by molar-refractivity contribution is 5.88. The molecule has 2 rings (SSSR count). The SMILES string of the molecule is CCOc1oc(-c2ccoc2CC)nc1C(=O)O. The second-order valence-electron chi connectivity index (χ2n) is 3.50. The molecule has 0 unspecified atom stereocenters. The van der Waals surface area contributed by atoms with Crippen LogP contribution in [0.1, 0.15) is 30.1 Å². The van der Waals surface area contributed by atoms with Crippen LogP contribution in [0.5, 0.6) is 5.95 Å². The molecular weight excluding hydrogens is 238 g/mol. The Morgan fingerprint density at radius 3 is 2.89 bits per heavy atom. The van der Waals surface area contributed by atoms with Crippen molar-refractivity contribution >= 4 is 5.97 Å². The standard InChI is InChI=1S/C12H13NO5/c1-3-8-7(5-6-17-8)10-13-9(11(14)15)12(18-10)16-4-2/h5-6H,3-4H2,1-2H3,(H,14,15). The molecule has 0 aromatic carbocycles. The second-order valence-corrected chi connectivity index (χ2v) is 3.50. The van der Waals surface area contributed by atoms with Gasteiger partial charge in [-0.25, -0.2) is 4.79 Å².